The first-order chi connectivity index (χ1) is 15.4. The van der Waals surface area contributed by atoms with E-state index in [4.69, 9.17) is 26.4 Å². The lowest BCUT2D eigenvalue weighted by Gasteiger charge is -2.31. The standard InChI is InChI=1S/C26H33ClN4O/c1-6-13-30(23(15-20-9-10-20)21-11-7-17(2)8-12-21)26-28-19(4)31(29-26)24-14-18(3)25(32-5)16-22(24)27/h7-8,11-12,14,16,20,23H,6,9-10,13,15H2,1-5H3. The lowest BCUT2D eigenvalue weighted by atomic mass is 9.98. The van der Waals surface area contributed by atoms with Crippen LogP contribution in [-0.4, -0.2) is 28.4 Å². The maximum absolute atomic E-state index is 6.60. The number of rotatable bonds is 9. The van der Waals surface area contributed by atoms with Gasteiger partial charge in [-0.3, -0.25) is 0 Å². The van der Waals surface area contributed by atoms with Crippen molar-refractivity contribution in [3.8, 4) is 11.4 Å². The molecule has 4 rings (SSSR count). The molecular formula is C26H33ClN4O. The highest BCUT2D eigenvalue weighted by molar-refractivity contribution is 6.32. The summed E-state index contributed by atoms with van der Waals surface area (Å²) in [5.74, 6) is 3.15. The monoisotopic (exact) mass is 452 g/mol. The summed E-state index contributed by atoms with van der Waals surface area (Å²) in [4.78, 5) is 7.28. The van der Waals surface area contributed by atoms with Gasteiger partial charge in [-0.1, -0.05) is 61.2 Å². The minimum absolute atomic E-state index is 0.270. The van der Waals surface area contributed by atoms with Gasteiger partial charge >= 0.3 is 0 Å². The predicted octanol–water partition coefficient (Wildman–Crippen LogP) is 6.61. The molecule has 170 valence electrons. The van der Waals surface area contributed by atoms with E-state index in [1.165, 1.54) is 24.0 Å². The summed E-state index contributed by atoms with van der Waals surface area (Å²) >= 11 is 6.60. The van der Waals surface area contributed by atoms with E-state index in [0.29, 0.717) is 5.02 Å². The van der Waals surface area contributed by atoms with Gasteiger partial charge in [-0.2, -0.15) is 4.98 Å². The third-order valence-corrected chi connectivity index (χ3v) is 6.57. The van der Waals surface area contributed by atoms with Crippen molar-refractivity contribution in [2.24, 2.45) is 5.92 Å². The van der Waals surface area contributed by atoms with Crippen LogP contribution in [0.1, 0.15) is 61.2 Å². The number of methoxy groups -OCH3 is 1. The number of aryl methyl sites for hydroxylation is 3. The van der Waals surface area contributed by atoms with Crippen molar-refractivity contribution in [3.63, 3.8) is 0 Å². The Balaban J connectivity index is 1.74. The van der Waals surface area contributed by atoms with Gasteiger partial charge < -0.3 is 9.64 Å². The Bertz CT molecular complexity index is 1070. The molecule has 0 spiro atoms. The van der Waals surface area contributed by atoms with Crippen LogP contribution in [-0.2, 0) is 0 Å². The molecule has 0 saturated heterocycles. The second-order valence-corrected chi connectivity index (χ2v) is 9.35. The summed E-state index contributed by atoms with van der Waals surface area (Å²) in [5.41, 5.74) is 4.46. The summed E-state index contributed by atoms with van der Waals surface area (Å²) in [6.45, 7) is 9.25. The minimum atomic E-state index is 0.270. The average molecular weight is 453 g/mol. The molecule has 0 N–H and O–H groups in total. The van der Waals surface area contributed by atoms with E-state index < -0.39 is 0 Å². The maximum Gasteiger partial charge on any atom is 0.245 e. The van der Waals surface area contributed by atoms with Gasteiger partial charge in [0.1, 0.15) is 11.6 Å². The van der Waals surface area contributed by atoms with Crippen LogP contribution >= 0.6 is 11.6 Å². The van der Waals surface area contributed by atoms with Crippen LogP contribution in [0.2, 0.25) is 5.02 Å². The van der Waals surface area contributed by atoms with Crippen LogP contribution in [0.4, 0.5) is 5.95 Å². The lowest BCUT2D eigenvalue weighted by molar-refractivity contribution is 0.411. The molecule has 1 heterocycles. The van der Waals surface area contributed by atoms with E-state index >= 15 is 0 Å². The number of nitrogens with zero attached hydrogens (tertiary/aromatic N) is 4. The number of hydrogen-bond donors (Lipinski definition) is 0. The van der Waals surface area contributed by atoms with Crippen LogP contribution in [0.25, 0.3) is 5.69 Å². The second kappa shape index (κ2) is 9.53. The fourth-order valence-electron chi connectivity index (χ4n) is 4.29. The summed E-state index contributed by atoms with van der Waals surface area (Å²) in [7, 11) is 1.66. The summed E-state index contributed by atoms with van der Waals surface area (Å²) < 4.78 is 7.27. The Labute approximate surface area is 196 Å². The minimum Gasteiger partial charge on any atom is -0.496 e. The molecular weight excluding hydrogens is 420 g/mol. The number of aromatic nitrogens is 3. The van der Waals surface area contributed by atoms with Gasteiger partial charge in [0.15, 0.2) is 0 Å². The summed E-state index contributed by atoms with van der Waals surface area (Å²) in [5, 5.41) is 5.55. The van der Waals surface area contributed by atoms with Gasteiger partial charge in [-0.05, 0) is 56.7 Å². The van der Waals surface area contributed by atoms with Crippen LogP contribution in [0.15, 0.2) is 36.4 Å². The third-order valence-electron chi connectivity index (χ3n) is 6.26. The zero-order valence-electron chi connectivity index (χ0n) is 19.7. The van der Waals surface area contributed by atoms with E-state index in [-0.39, 0.29) is 6.04 Å². The van der Waals surface area contributed by atoms with Crippen molar-refractivity contribution in [2.45, 2.75) is 59.4 Å². The Morgan fingerprint density at radius 1 is 1.16 bits per heavy atom. The molecule has 6 heteroatoms. The molecule has 1 fully saturated rings. The molecule has 32 heavy (non-hydrogen) atoms. The molecule has 0 amide bonds. The number of anilines is 1. The molecule has 0 aliphatic heterocycles. The third kappa shape index (κ3) is 4.78. The zero-order chi connectivity index (χ0) is 22.8. The normalized spacial score (nSPS) is 14.4. The van der Waals surface area contributed by atoms with Crippen molar-refractivity contribution in [1.82, 2.24) is 14.8 Å². The SMILES string of the molecule is CCCN(c1nc(C)n(-c2cc(C)c(OC)cc2Cl)n1)C(CC1CC1)c1ccc(C)cc1. The molecule has 1 saturated carbocycles. The molecule has 3 aromatic rings. The maximum atomic E-state index is 6.60. The molecule has 5 nitrogen and oxygen atoms in total. The van der Waals surface area contributed by atoms with Gasteiger partial charge in [0.25, 0.3) is 0 Å². The van der Waals surface area contributed by atoms with Gasteiger partial charge in [-0.25, -0.2) is 4.68 Å². The summed E-state index contributed by atoms with van der Waals surface area (Å²) in [6, 6.07) is 13.1. The quantitative estimate of drug-likeness (QED) is 0.366. The lowest BCUT2D eigenvalue weighted by Crippen LogP contribution is -2.31. The first-order valence-corrected chi connectivity index (χ1v) is 11.9. The molecule has 1 aliphatic rings. The number of hydrogen-bond acceptors (Lipinski definition) is 4. The Morgan fingerprint density at radius 3 is 2.50 bits per heavy atom. The smallest absolute Gasteiger partial charge is 0.245 e. The highest BCUT2D eigenvalue weighted by Crippen LogP contribution is 2.41. The Kier molecular flexibility index (Phi) is 6.75. The van der Waals surface area contributed by atoms with Crippen LogP contribution in [0.5, 0.6) is 5.75 Å². The molecule has 0 bridgehead atoms. The van der Waals surface area contributed by atoms with Crippen molar-refractivity contribution in [2.75, 3.05) is 18.6 Å². The number of halogens is 1. The first kappa shape index (κ1) is 22.7. The Hall–Kier alpha value is -2.53. The molecule has 1 aliphatic carbocycles. The van der Waals surface area contributed by atoms with E-state index in [2.05, 4.69) is 43.0 Å². The van der Waals surface area contributed by atoms with Crippen molar-refractivity contribution < 1.29 is 4.74 Å². The molecule has 1 unspecified atom stereocenters. The number of benzene rings is 2. The molecule has 1 atom stereocenters. The van der Waals surface area contributed by atoms with Gasteiger partial charge in [0, 0.05) is 12.6 Å². The largest absolute Gasteiger partial charge is 0.496 e. The zero-order valence-corrected chi connectivity index (χ0v) is 20.5. The Morgan fingerprint density at radius 2 is 1.88 bits per heavy atom. The molecule has 2 aromatic carbocycles. The van der Waals surface area contributed by atoms with E-state index in [1.807, 2.05) is 30.7 Å². The topological polar surface area (TPSA) is 43.2 Å². The fraction of sp³-hybridized carbons (Fsp3) is 0.462. The van der Waals surface area contributed by atoms with Crippen LogP contribution < -0.4 is 9.64 Å². The predicted molar refractivity (Wildman–Crippen MR) is 131 cm³/mol. The highest BCUT2D eigenvalue weighted by Gasteiger charge is 2.31. The van der Waals surface area contributed by atoms with Gasteiger partial charge in [0.2, 0.25) is 5.95 Å². The van der Waals surface area contributed by atoms with Crippen LogP contribution in [0.3, 0.4) is 0 Å². The summed E-state index contributed by atoms with van der Waals surface area (Å²) in [6.07, 6.45) is 4.82. The number of ether oxygens (including phenoxy) is 1. The van der Waals surface area contributed by atoms with Gasteiger partial charge in [0.05, 0.1) is 23.9 Å². The first-order valence-electron chi connectivity index (χ1n) is 11.5. The van der Waals surface area contributed by atoms with Crippen molar-refractivity contribution in [3.05, 3.63) is 63.9 Å². The van der Waals surface area contributed by atoms with Crippen LogP contribution in [0, 0.1) is 26.7 Å². The van der Waals surface area contributed by atoms with E-state index in [9.17, 15) is 0 Å². The second-order valence-electron chi connectivity index (χ2n) is 8.94. The van der Waals surface area contributed by atoms with Gasteiger partial charge in [-0.15, -0.1) is 5.10 Å². The fourth-order valence-corrected chi connectivity index (χ4v) is 4.53. The average Bonchev–Trinajstić information content (AvgIpc) is 3.52. The molecule has 0 radical (unpaired) electrons. The van der Waals surface area contributed by atoms with E-state index in [1.54, 1.807) is 7.11 Å². The molecule has 1 aromatic heterocycles. The van der Waals surface area contributed by atoms with E-state index in [0.717, 1.165) is 54.1 Å². The van der Waals surface area contributed by atoms with Crippen molar-refractivity contribution in [1.29, 1.82) is 0 Å². The van der Waals surface area contributed by atoms with Crippen molar-refractivity contribution >= 4 is 17.5 Å². The highest BCUT2D eigenvalue weighted by atomic mass is 35.5.